The smallest absolute Gasteiger partial charge is 0.347 e. The molecule has 0 saturated heterocycles. The first kappa shape index (κ1) is 16.7. The summed E-state index contributed by atoms with van der Waals surface area (Å²) in [6.07, 6.45) is 3.08. The zero-order valence-corrected chi connectivity index (χ0v) is 14.2. The van der Waals surface area contributed by atoms with Gasteiger partial charge in [0.15, 0.2) is 5.78 Å². The maximum absolute atomic E-state index is 12.3. The Balaban J connectivity index is 1.94. The molecule has 0 unspecified atom stereocenters. The molecule has 0 radical (unpaired) electrons. The van der Waals surface area contributed by atoms with E-state index in [1.807, 2.05) is 67.4 Å². The standard InChI is InChI=1S/C21H19NO3/c1-3-22(2)17-11-10-16-13-18(21(24)25-20(16)14-17)19(23)12-9-15-7-5-4-6-8-15/h4-14H,3H2,1-2H3. The normalized spacial score (nSPS) is 11.1. The minimum atomic E-state index is -0.619. The lowest BCUT2D eigenvalue weighted by molar-refractivity contribution is 0.104. The van der Waals surface area contributed by atoms with Crippen LogP contribution in [0, 0.1) is 0 Å². The molecule has 0 saturated carbocycles. The molecule has 0 aliphatic heterocycles. The molecule has 3 aromatic rings. The Bertz CT molecular complexity index is 987. The summed E-state index contributed by atoms with van der Waals surface area (Å²) < 4.78 is 5.36. The fourth-order valence-corrected chi connectivity index (χ4v) is 2.52. The van der Waals surface area contributed by atoms with Crippen LogP contribution in [0.3, 0.4) is 0 Å². The number of anilines is 1. The van der Waals surface area contributed by atoms with Crippen molar-refractivity contribution in [2.45, 2.75) is 6.92 Å². The minimum absolute atomic E-state index is 0.0382. The number of benzene rings is 2. The molecule has 4 heteroatoms. The van der Waals surface area contributed by atoms with Crippen molar-refractivity contribution >= 4 is 28.5 Å². The van der Waals surface area contributed by atoms with Gasteiger partial charge in [0.1, 0.15) is 11.1 Å². The number of hydrogen-bond donors (Lipinski definition) is 0. The molecule has 0 aliphatic carbocycles. The summed E-state index contributed by atoms with van der Waals surface area (Å²) in [6.45, 7) is 2.89. The second kappa shape index (κ2) is 7.18. The molecule has 0 spiro atoms. The lowest BCUT2D eigenvalue weighted by Gasteiger charge is -2.16. The molecule has 1 heterocycles. The Morgan fingerprint density at radius 2 is 1.88 bits per heavy atom. The van der Waals surface area contributed by atoms with E-state index < -0.39 is 5.63 Å². The summed E-state index contributed by atoms with van der Waals surface area (Å²) >= 11 is 0. The highest BCUT2D eigenvalue weighted by atomic mass is 16.4. The zero-order chi connectivity index (χ0) is 17.8. The molecule has 0 atom stereocenters. The molecular weight excluding hydrogens is 314 g/mol. The van der Waals surface area contributed by atoms with E-state index in [9.17, 15) is 9.59 Å². The molecule has 25 heavy (non-hydrogen) atoms. The van der Waals surface area contributed by atoms with E-state index in [2.05, 4.69) is 0 Å². The molecule has 0 amide bonds. The predicted octanol–water partition coefficient (Wildman–Crippen LogP) is 4.15. The number of ketones is 1. The van der Waals surface area contributed by atoms with Gasteiger partial charge in [-0.1, -0.05) is 36.4 Å². The highest BCUT2D eigenvalue weighted by molar-refractivity contribution is 6.07. The molecule has 1 aromatic heterocycles. The highest BCUT2D eigenvalue weighted by Crippen LogP contribution is 2.21. The number of allylic oxidation sites excluding steroid dienone is 1. The Hall–Kier alpha value is -3.14. The largest absolute Gasteiger partial charge is 0.422 e. The van der Waals surface area contributed by atoms with E-state index in [1.165, 1.54) is 6.08 Å². The van der Waals surface area contributed by atoms with E-state index in [-0.39, 0.29) is 11.3 Å². The minimum Gasteiger partial charge on any atom is -0.422 e. The lowest BCUT2D eigenvalue weighted by atomic mass is 10.1. The van der Waals surface area contributed by atoms with E-state index in [4.69, 9.17) is 4.42 Å². The molecular formula is C21H19NO3. The number of fused-ring (bicyclic) bond motifs is 1. The summed E-state index contributed by atoms with van der Waals surface area (Å²) in [6, 6.07) is 16.7. The monoisotopic (exact) mass is 333 g/mol. The number of rotatable bonds is 5. The van der Waals surface area contributed by atoms with Crippen molar-refractivity contribution in [2.24, 2.45) is 0 Å². The molecule has 0 bridgehead atoms. The molecule has 4 nitrogen and oxygen atoms in total. The van der Waals surface area contributed by atoms with Crippen LogP contribution in [-0.2, 0) is 0 Å². The van der Waals surface area contributed by atoms with E-state index in [1.54, 1.807) is 12.1 Å². The van der Waals surface area contributed by atoms with Gasteiger partial charge in [0.25, 0.3) is 0 Å². The van der Waals surface area contributed by atoms with Crippen LogP contribution in [0.1, 0.15) is 22.8 Å². The molecule has 126 valence electrons. The van der Waals surface area contributed by atoms with Crippen LogP contribution in [0.15, 0.2) is 69.9 Å². The van der Waals surface area contributed by atoms with Crippen LogP contribution in [0.5, 0.6) is 0 Å². The summed E-state index contributed by atoms with van der Waals surface area (Å²) in [5.74, 6) is -0.366. The Morgan fingerprint density at radius 1 is 1.12 bits per heavy atom. The van der Waals surface area contributed by atoms with E-state index in [0.29, 0.717) is 5.58 Å². The van der Waals surface area contributed by atoms with Crippen molar-refractivity contribution < 1.29 is 9.21 Å². The summed E-state index contributed by atoms with van der Waals surface area (Å²) in [5, 5.41) is 0.726. The third-order valence-electron chi connectivity index (χ3n) is 4.13. The van der Waals surface area contributed by atoms with Gasteiger partial charge in [-0.15, -0.1) is 0 Å². The Morgan fingerprint density at radius 3 is 2.60 bits per heavy atom. The van der Waals surface area contributed by atoms with Gasteiger partial charge in [-0.2, -0.15) is 0 Å². The van der Waals surface area contributed by atoms with Crippen molar-refractivity contribution in [1.82, 2.24) is 0 Å². The first-order chi connectivity index (χ1) is 12.1. The van der Waals surface area contributed by atoms with E-state index >= 15 is 0 Å². The van der Waals surface area contributed by atoms with Crippen molar-refractivity contribution in [3.8, 4) is 0 Å². The molecule has 0 fully saturated rings. The highest BCUT2D eigenvalue weighted by Gasteiger charge is 2.12. The second-order valence-electron chi connectivity index (χ2n) is 5.79. The zero-order valence-electron chi connectivity index (χ0n) is 14.2. The SMILES string of the molecule is CCN(C)c1ccc2cc(C(=O)C=Cc3ccccc3)c(=O)oc2c1. The first-order valence-corrected chi connectivity index (χ1v) is 8.15. The summed E-state index contributed by atoms with van der Waals surface area (Å²) in [5.41, 5.74) is 1.75. The molecule has 2 aromatic carbocycles. The third kappa shape index (κ3) is 3.69. The predicted molar refractivity (Wildman–Crippen MR) is 101 cm³/mol. The van der Waals surface area contributed by atoms with Crippen LogP contribution >= 0.6 is 0 Å². The topological polar surface area (TPSA) is 50.5 Å². The first-order valence-electron chi connectivity index (χ1n) is 8.15. The number of nitrogens with zero attached hydrogens (tertiary/aromatic N) is 1. The third-order valence-corrected chi connectivity index (χ3v) is 4.13. The van der Waals surface area contributed by atoms with Gasteiger partial charge in [0.05, 0.1) is 0 Å². The van der Waals surface area contributed by atoms with Crippen LogP contribution in [0.4, 0.5) is 5.69 Å². The van der Waals surface area contributed by atoms with E-state index in [0.717, 1.165) is 23.2 Å². The van der Waals surface area contributed by atoms with Gasteiger partial charge in [-0.3, -0.25) is 4.79 Å². The second-order valence-corrected chi connectivity index (χ2v) is 5.79. The average Bonchev–Trinajstić information content (AvgIpc) is 2.65. The van der Waals surface area contributed by atoms with Gasteiger partial charge >= 0.3 is 5.63 Å². The van der Waals surface area contributed by atoms with Crippen molar-refractivity contribution in [2.75, 3.05) is 18.5 Å². The quantitative estimate of drug-likeness (QED) is 0.400. The van der Waals surface area contributed by atoms with Gasteiger partial charge < -0.3 is 9.32 Å². The van der Waals surface area contributed by atoms with Gasteiger partial charge in [-0.25, -0.2) is 4.79 Å². The Labute approximate surface area is 146 Å². The maximum Gasteiger partial charge on any atom is 0.347 e. The lowest BCUT2D eigenvalue weighted by Crippen LogP contribution is -2.16. The van der Waals surface area contributed by atoms with Crippen LogP contribution in [-0.4, -0.2) is 19.4 Å². The van der Waals surface area contributed by atoms with Gasteiger partial charge in [-0.05, 0) is 36.8 Å². The van der Waals surface area contributed by atoms with Gasteiger partial charge in [0.2, 0.25) is 0 Å². The average molecular weight is 333 g/mol. The summed E-state index contributed by atoms with van der Waals surface area (Å²) in [4.78, 5) is 26.6. The number of carbonyl (C=O) groups excluding carboxylic acids is 1. The van der Waals surface area contributed by atoms with Gasteiger partial charge in [0, 0.05) is 30.7 Å². The van der Waals surface area contributed by atoms with Crippen molar-refractivity contribution in [3.63, 3.8) is 0 Å². The number of carbonyl (C=O) groups is 1. The number of hydrogen-bond acceptors (Lipinski definition) is 4. The maximum atomic E-state index is 12.3. The fraction of sp³-hybridized carbons (Fsp3) is 0.143. The van der Waals surface area contributed by atoms with Crippen LogP contribution in [0.2, 0.25) is 0 Å². The van der Waals surface area contributed by atoms with Crippen molar-refractivity contribution in [3.05, 3.63) is 82.2 Å². The summed E-state index contributed by atoms with van der Waals surface area (Å²) in [7, 11) is 1.96. The van der Waals surface area contributed by atoms with Crippen LogP contribution < -0.4 is 10.5 Å². The molecule has 0 aliphatic rings. The van der Waals surface area contributed by atoms with Crippen LogP contribution in [0.25, 0.3) is 17.0 Å². The molecule has 3 rings (SSSR count). The Kier molecular flexibility index (Phi) is 4.80. The molecule has 0 N–H and O–H groups in total. The fourth-order valence-electron chi connectivity index (χ4n) is 2.52. The van der Waals surface area contributed by atoms with Crippen molar-refractivity contribution in [1.29, 1.82) is 0 Å².